The van der Waals surface area contributed by atoms with E-state index in [9.17, 15) is 0 Å². The minimum atomic E-state index is 0. The van der Waals surface area contributed by atoms with Crippen LogP contribution >= 0.6 is 0 Å². The van der Waals surface area contributed by atoms with Crippen molar-refractivity contribution in [2.45, 2.75) is 0 Å². The molecule has 0 aliphatic rings. The Kier molecular flexibility index (Phi) is 300. The Morgan fingerprint density at radius 2 is 1.14 bits per heavy atom. The van der Waals surface area contributed by atoms with Gasteiger partial charge in [0.1, 0.15) is 0 Å². The molecule has 0 rings (SSSR count). The molecule has 2 radical (unpaired) electrons. The number of rotatable bonds is 0. The van der Waals surface area contributed by atoms with Crippen LogP contribution in [0, 0.1) is 0 Å². The first-order valence-corrected chi connectivity index (χ1v) is 3.09. The van der Waals surface area contributed by atoms with Crippen LogP contribution in [0.1, 0.15) is 0 Å². The summed E-state index contributed by atoms with van der Waals surface area (Å²) in [6, 6.07) is 0. The molecule has 0 N–H and O–H groups in total. The predicted molar refractivity (Wildman–Crippen MR) is 8.54 cm³/mol. The second kappa shape index (κ2) is 48.8. The van der Waals surface area contributed by atoms with Gasteiger partial charge in [-0.05, 0) is 0 Å². The summed E-state index contributed by atoms with van der Waals surface area (Å²) in [6.07, 6.45) is 2.06. The normalized spacial score (nSPS) is 0.714. The molecule has 7 heavy (non-hydrogen) atoms. The fourth-order valence-electron chi connectivity index (χ4n) is 0. The third kappa shape index (κ3) is 38.8. The SMILES string of the molecule is [BH2][Re].[Co].[Cr].[Pd].[Pt].[Y]. The standard InChI is InChI=1S/BH2.Co.Cr.Pd.Pt.Re.Y/h1H2;;;;;;/q+1;;;;;-1;. The summed E-state index contributed by atoms with van der Waals surface area (Å²) in [7, 11) is 0. The fourth-order valence-corrected chi connectivity index (χ4v) is 0. The maximum absolute atomic E-state index is 2.06. The Hall–Kier alpha value is 4.22. The Bertz CT molecular complexity index is 19.7. The van der Waals surface area contributed by atoms with E-state index in [1.165, 1.54) is 0 Å². The molecular weight excluding hydrogens is 698 g/mol. The van der Waals surface area contributed by atoms with Crippen molar-refractivity contribution >= 4 is 6.20 Å². The molecule has 7 heteroatoms. The van der Waals surface area contributed by atoms with Gasteiger partial charge in [0.25, 0.3) is 0 Å². The van der Waals surface area contributed by atoms with Gasteiger partial charge in [0, 0.05) is 108 Å². The summed E-state index contributed by atoms with van der Waals surface area (Å²) < 4.78 is 0. The van der Waals surface area contributed by atoms with E-state index in [-0.39, 0.29) is 108 Å². The van der Waals surface area contributed by atoms with E-state index in [0.29, 0.717) is 0 Å². The van der Waals surface area contributed by atoms with Crippen LogP contribution < -0.4 is 0 Å². The van der Waals surface area contributed by atoms with Crippen molar-refractivity contribution in [3.05, 3.63) is 0 Å². The van der Waals surface area contributed by atoms with Crippen LogP contribution in [0.3, 0.4) is 0 Å². The zero-order valence-corrected chi connectivity index (χ0v) is 15.0. The van der Waals surface area contributed by atoms with Gasteiger partial charge in [-0.1, -0.05) is 0 Å². The third-order valence-electron chi connectivity index (χ3n) is 0. The molecule has 0 aromatic rings. The van der Waals surface area contributed by atoms with Gasteiger partial charge in [-0.15, -0.1) is 0 Å². The summed E-state index contributed by atoms with van der Waals surface area (Å²) in [5, 5.41) is 0. The van der Waals surface area contributed by atoms with Crippen LogP contribution in [0.2, 0.25) is 0 Å². The minimum absolute atomic E-state index is 0. The molecule has 0 saturated heterocycles. The van der Waals surface area contributed by atoms with Crippen molar-refractivity contribution in [1.82, 2.24) is 0 Å². The maximum atomic E-state index is 2.06. The monoisotopic (exact) mass is 701 g/mol. The fraction of sp³-hybridized carbons (Fsp3) is 0. The molecule has 0 spiro atoms. The average Bonchev–Trinajstić information content (AvgIpc) is 1.00. The van der Waals surface area contributed by atoms with Gasteiger partial charge in [0.15, 0.2) is 0 Å². The first-order chi connectivity index (χ1) is 1.00. The molecule has 0 fully saturated rings. The summed E-state index contributed by atoms with van der Waals surface area (Å²) in [6.45, 7) is 0. The Morgan fingerprint density at radius 3 is 1.14 bits per heavy atom. The van der Waals surface area contributed by atoms with Gasteiger partial charge < -0.3 is 0 Å². The Balaban J connectivity index is -0.000000000500. The molecule has 0 aromatic heterocycles. The van der Waals surface area contributed by atoms with Crippen molar-refractivity contribution in [2.24, 2.45) is 0 Å². The topological polar surface area (TPSA) is 0 Å². The minimum Gasteiger partial charge on any atom is 0 e. The van der Waals surface area contributed by atoms with E-state index in [0.717, 1.165) is 0 Å². The van der Waals surface area contributed by atoms with Crippen molar-refractivity contribution in [1.29, 1.82) is 0 Å². The van der Waals surface area contributed by atoms with E-state index in [2.05, 4.69) is 6.20 Å². The molecule has 0 heterocycles. The van der Waals surface area contributed by atoms with Gasteiger partial charge in [-0.2, -0.15) is 0 Å². The molecule has 0 aromatic carbocycles. The van der Waals surface area contributed by atoms with Crippen LogP contribution in [-0.4, -0.2) is 6.20 Å². The molecule has 0 atom stereocenters. The second-order valence-electron chi connectivity index (χ2n) is 0. The van der Waals surface area contributed by atoms with Gasteiger partial charge in [-0.3, -0.25) is 0 Å². The molecule has 0 aliphatic heterocycles. The van der Waals surface area contributed by atoms with Crippen molar-refractivity contribution in [2.75, 3.05) is 0 Å². The molecule has 0 aliphatic carbocycles. The summed E-state index contributed by atoms with van der Waals surface area (Å²) in [4.78, 5) is 0. The van der Waals surface area contributed by atoms with Crippen LogP contribution in [0.15, 0.2) is 0 Å². The van der Waals surface area contributed by atoms with Gasteiger partial charge in [0.05, 0.1) is 0 Å². The third-order valence-corrected chi connectivity index (χ3v) is 0. The average molecular weight is 700 g/mol. The first kappa shape index (κ1) is 43.0. The van der Waals surface area contributed by atoms with Crippen molar-refractivity contribution in [3.8, 4) is 0 Å². The Morgan fingerprint density at radius 1 is 1.14 bits per heavy atom. The zero-order valence-electron chi connectivity index (χ0n) is 3.33. The second-order valence-corrected chi connectivity index (χ2v) is 0. The van der Waals surface area contributed by atoms with Crippen LogP contribution in [0.25, 0.3) is 0 Å². The summed E-state index contributed by atoms with van der Waals surface area (Å²) in [5.74, 6) is 0. The Labute approximate surface area is 131 Å². The predicted octanol–water partition coefficient (Wildman–Crippen LogP) is -0.931. The molecule has 0 nitrogen and oxygen atoms in total. The summed E-state index contributed by atoms with van der Waals surface area (Å²) in [5.41, 5.74) is 0. The van der Waals surface area contributed by atoms with E-state index >= 15 is 0 Å². The van der Waals surface area contributed by atoms with Crippen molar-refractivity contribution in [3.63, 3.8) is 0 Å². The van der Waals surface area contributed by atoms with Gasteiger partial charge >= 0.3 is 25.2 Å². The van der Waals surface area contributed by atoms with Crippen LogP contribution in [0.4, 0.5) is 0 Å². The molecule has 0 unspecified atom stereocenters. The number of hydrogen-bond acceptors (Lipinski definition) is 0. The molecule has 50 valence electrons. The van der Waals surface area contributed by atoms with Gasteiger partial charge in [-0.25, -0.2) is 0 Å². The largest absolute Gasteiger partial charge is 0 e. The maximum Gasteiger partial charge on any atom is 0 e. The molecule has 0 bridgehead atoms. The van der Waals surface area contributed by atoms with Gasteiger partial charge in [0.2, 0.25) is 0 Å². The van der Waals surface area contributed by atoms with E-state index in [1.54, 1.807) is 19.0 Å². The van der Waals surface area contributed by atoms with Crippen LogP contribution in [0.5, 0.6) is 0 Å². The molecular formula is H2BCoCrPdPtReY. The molecule has 0 amide bonds. The van der Waals surface area contributed by atoms with E-state index in [1.807, 2.05) is 0 Å². The van der Waals surface area contributed by atoms with E-state index < -0.39 is 0 Å². The van der Waals surface area contributed by atoms with Crippen LogP contribution in [-0.2, 0) is 127 Å². The quantitative estimate of drug-likeness (QED) is 0.287. The molecule has 0 saturated carbocycles. The number of hydrogen-bond donors (Lipinski definition) is 0. The summed E-state index contributed by atoms with van der Waals surface area (Å²) >= 11 is 1.72. The first-order valence-electron chi connectivity index (χ1n) is 0.378. The smallest absolute Gasteiger partial charge is 0 e. The van der Waals surface area contributed by atoms with E-state index in [4.69, 9.17) is 0 Å². The zero-order chi connectivity index (χ0) is 2.00. The van der Waals surface area contributed by atoms with Crippen molar-refractivity contribution < 1.29 is 127 Å².